The standard InChI is InChI=1S/C15H19N3O2S/c1-20-6-4-12-7-17-5-2-3-13(17)9-18(8-12)15(19)14-10-21-11-16-14/h2-3,5,10-12H,4,6-9H2,1H3. The number of aromatic nitrogens is 2. The largest absolute Gasteiger partial charge is 0.385 e. The van der Waals surface area contributed by atoms with E-state index >= 15 is 0 Å². The van der Waals surface area contributed by atoms with Crippen LogP contribution in [0.25, 0.3) is 0 Å². The fourth-order valence-corrected chi connectivity index (χ4v) is 3.31. The zero-order valence-electron chi connectivity index (χ0n) is 12.1. The maximum atomic E-state index is 12.6. The van der Waals surface area contributed by atoms with Gasteiger partial charge in [0.15, 0.2) is 0 Å². The number of carbonyl (C=O) groups excluding carboxylic acids is 1. The normalized spacial score (nSPS) is 18.3. The van der Waals surface area contributed by atoms with E-state index in [-0.39, 0.29) is 5.91 Å². The lowest BCUT2D eigenvalue weighted by atomic mass is 10.1. The number of ether oxygens (including phenoxy) is 1. The zero-order valence-corrected chi connectivity index (χ0v) is 12.9. The van der Waals surface area contributed by atoms with Crippen LogP contribution in [0.2, 0.25) is 0 Å². The summed E-state index contributed by atoms with van der Waals surface area (Å²) in [4.78, 5) is 18.7. The highest BCUT2D eigenvalue weighted by molar-refractivity contribution is 7.07. The van der Waals surface area contributed by atoms with Gasteiger partial charge in [-0.3, -0.25) is 4.79 Å². The van der Waals surface area contributed by atoms with Crippen LogP contribution < -0.4 is 0 Å². The van der Waals surface area contributed by atoms with Crippen molar-refractivity contribution in [2.75, 3.05) is 20.3 Å². The molecule has 0 saturated heterocycles. The molecule has 3 heterocycles. The van der Waals surface area contributed by atoms with Crippen LogP contribution >= 0.6 is 11.3 Å². The van der Waals surface area contributed by atoms with Crippen LogP contribution in [0.1, 0.15) is 22.6 Å². The van der Waals surface area contributed by atoms with E-state index in [0.29, 0.717) is 18.2 Å². The predicted molar refractivity (Wildman–Crippen MR) is 81.3 cm³/mol. The summed E-state index contributed by atoms with van der Waals surface area (Å²) in [7, 11) is 1.72. The van der Waals surface area contributed by atoms with Gasteiger partial charge in [0.1, 0.15) is 5.69 Å². The molecule has 0 aliphatic carbocycles. The predicted octanol–water partition coefficient (Wildman–Crippen LogP) is 2.25. The summed E-state index contributed by atoms with van der Waals surface area (Å²) in [5.41, 5.74) is 3.43. The van der Waals surface area contributed by atoms with Gasteiger partial charge in [0, 0.05) is 44.1 Å². The van der Waals surface area contributed by atoms with Crippen LogP contribution in [0.15, 0.2) is 29.2 Å². The number of methoxy groups -OCH3 is 1. The van der Waals surface area contributed by atoms with E-state index in [9.17, 15) is 4.79 Å². The number of hydrogen-bond acceptors (Lipinski definition) is 4. The Morgan fingerprint density at radius 1 is 1.52 bits per heavy atom. The average Bonchev–Trinajstić information content (AvgIpc) is 3.13. The summed E-state index contributed by atoms with van der Waals surface area (Å²) >= 11 is 1.46. The lowest BCUT2D eigenvalue weighted by molar-refractivity contribution is 0.0700. The molecule has 0 saturated carbocycles. The van der Waals surface area contributed by atoms with Gasteiger partial charge in [0.05, 0.1) is 12.1 Å². The molecule has 0 fully saturated rings. The lowest BCUT2D eigenvalue weighted by Crippen LogP contribution is -2.34. The molecule has 0 bridgehead atoms. The molecule has 21 heavy (non-hydrogen) atoms. The minimum absolute atomic E-state index is 0.0216. The van der Waals surface area contributed by atoms with E-state index in [2.05, 4.69) is 21.8 Å². The summed E-state index contributed by atoms with van der Waals surface area (Å²) < 4.78 is 7.44. The smallest absolute Gasteiger partial charge is 0.273 e. The fraction of sp³-hybridized carbons (Fsp3) is 0.467. The van der Waals surface area contributed by atoms with Gasteiger partial charge in [-0.15, -0.1) is 11.3 Å². The first-order valence-corrected chi connectivity index (χ1v) is 8.02. The minimum Gasteiger partial charge on any atom is -0.385 e. The van der Waals surface area contributed by atoms with Crippen molar-refractivity contribution in [2.45, 2.75) is 19.5 Å². The number of thiazole rings is 1. The highest BCUT2D eigenvalue weighted by Crippen LogP contribution is 2.21. The molecule has 3 rings (SSSR count). The Morgan fingerprint density at radius 2 is 2.43 bits per heavy atom. The van der Waals surface area contributed by atoms with Crippen molar-refractivity contribution in [1.82, 2.24) is 14.5 Å². The number of amides is 1. The van der Waals surface area contributed by atoms with Crippen LogP contribution in [-0.4, -0.2) is 40.6 Å². The molecule has 1 aliphatic rings. The molecule has 1 atom stereocenters. The van der Waals surface area contributed by atoms with Crippen molar-refractivity contribution in [2.24, 2.45) is 5.92 Å². The first-order chi connectivity index (χ1) is 10.3. The molecule has 1 unspecified atom stereocenters. The maximum Gasteiger partial charge on any atom is 0.273 e. The van der Waals surface area contributed by atoms with E-state index in [0.717, 1.165) is 26.1 Å². The van der Waals surface area contributed by atoms with Crippen molar-refractivity contribution >= 4 is 17.2 Å². The second kappa shape index (κ2) is 6.41. The highest BCUT2D eigenvalue weighted by Gasteiger charge is 2.26. The number of fused-ring (bicyclic) bond motifs is 1. The Morgan fingerprint density at radius 3 is 3.19 bits per heavy atom. The molecular weight excluding hydrogens is 286 g/mol. The molecule has 0 spiro atoms. The Labute approximate surface area is 128 Å². The van der Waals surface area contributed by atoms with Gasteiger partial charge in [0.2, 0.25) is 0 Å². The molecule has 2 aromatic heterocycles. The van der Waals surface area contributed by atoms with Crippen LogP contribution in [-0.2, 0) is 17.8 Å². The zero-order chi connectivity index (χ0) is 14.7. The number of carbonyl (C=O) groups is 1. The van der Waals surface area contributed by atoms with Crippen molar-refractivity contribution < 1.29 is 9.53 Å². The summed E-state index contributed by atoms with van der Waals surface area (Å²) in [6.45, 7) is 3.06. The summed E-state index contributed by atoms with van der Waals surface area (Å²) in [5.74, 6) is 0.425. The minimum atomic E-state index is 0.0216. The monoisotopic (exact) mass is 305 g/mol. The molecular formula is C15H19N3O2S. The van der Waals surface area contributed by atoms with E-state index in [4.69, 9.17) is 4.74 Å². The molecule has 1 aliphatic heterocycles. The highest BCUT2D eigenvalue weighted by atomic mass is 32.1. The van der Waals surface area contributed by atoms with Crippen LogP contribution in [0.4, 0.5) is 0 Å². The molecule has 0 N–H and O–H groups in total. The van der Waals surface area contributed by atoms with Gasteiger partial charge in [-0.2, -0.15) is 0 Å². The van der Waals surface area contributed by atoms with Gasteiger partial charge in [-0.05, 0) is 24.5 Å². The number of rotatable bonds is 4. The Balaban J connectivity index is 1.81. The molecule has 0 aromatic carbocycles. The second-order valence-corrected chi connectivity index (χ2v) is 6.08. The first kappa shape index (κ1) is 14.3. The SMILES string of the molecule is COCCC1CN(C(=O)c2cscn2)Cc2cccn2C1. The van der Waals surface area contributed by atoms with Crippen LogP contribution in [0.3, 0.4) is 0 Å². The van der Waals surface area contributed by atoms with Gasteiger partial charge in [0.25, 0.3) is 5.91 Å². The van der Waals surface area contributed by atoms with Crippen molar-refractivity contribution in [3.63, 3.8) is 0 Å². The van der Waals surface area contributed by atoms with Crippen LogP contribution in [0.5, 0.6) is 0 Å². The van der Waals surface area contributed by atoms with Crippen molar-refractivity contribution in [1.29, 1.82) is 0 Å². The van der Waals surface area contributed by atoms with E-state index in [1.807, 2.05) is 16.3 Å². The van der Waals surface area contributed by atoms with Crippen molar-refractivity contribution in [3.8, 4) is 0 Å². The van der Waals surface area contributed by atoms with Gasteiger partial charge >= 0.3 is 0 Å². The maximum absolute atomic E-state index is 12.6. The topological polar surface area (TPSA) is 47.4 Å². The summed E-state index contributed by atoms with van der Waals surface area (Å²) in [6, 6.07) is 4.12. The lowest BCUT2D eigenvalue weighted by Gasteiger charge is -2.23. The number of nitrogens with zero attached hydrogens (tertiary/aromatic N) is 3. The Bertz CT molecular complexity index is 594. The van der Waals surface area contributed by atoms with Gasteiger partial charge < -0.3 is 14.2 Å². The quantitative estimate of drug-likeness (QED) is 0.870. The second-order valence-electron chi connectivity index (χ2n) is 5.36. The van der Waals surface area contributed by atoms with E-state index < -0.39 is 0 Å². The average molecular weight is 305 g/mol. The Kier molecular flexibility index (Phi) is 4.36. The molecule has 112 valence electrons. The molecule has 0 radical (unpaired) electrons. The summed E-state index contributed by atoms with van der Waals surface area (Å²) in [6.07, 6.45) is 3.04. The third-order valence-electron chi connectivity index (χ3n) is 3.88. The molecule has 5 nitrogen and oxygen atoms in total. The first-order valence-electron chi connectivity index (χ1n) is 7.08. The van der Waals surface area contributed by atoms with Gasteiger partial charge in [-0.25, -0.2) is 4.98 Å². The Hall–Kier alpha value is -1.66. The third-order valence-corrected chi connectivity index (χ3v) is 4.47. The van der Waals surface area contributed by atoms with E-state index in [1.54, 1.807) is 12.6 Å². The third kappa shape index (κ3) is 3.16. The fourth-order valence-electron chi connectivity index (χ4n) is 2.78. The molecule has 2 aromatic rings. The van der Waals surface area contributed by atoms with Crippen LogP contribution in [0, 0.1) is 5.92 Å². The van der Waals surface area contributed by atoms with Crippen molar-refractivity contribution in [3.05, 3.63) is 40.6 Å². The van der Waals surface area contributed by atoms with Gasteiger partial charge in [-0.1, -0.05) is 0 Å². The van der Waals surface area contributed by atoms with E-state index in [1.165, 1.54) is 17.0 Å². The number of hydrogen-bond donors (Lipinski definition) is 0. The molecule has 6 heteroatoms. The summed E-state index contributed by atoms with van der Waals surface area (Å²) in [5, 5.41) is 1.82. The molecule has 1 amide bonds.